The number of hydrogen-bond donors (Lipinski definition) is 2. The molecule has 0 heterocycles. The first kappa shape index (κ1) is 19.7. The normalized spacial score (nSPS) is 29.4. The lowest BCUT2D eigenvalue weighted by atomic mass is 9.54. The Kier molecular flexibility index (Phi) is 5.37. The summed E-state index contributed by atoms with van der Waals surface area (Å²) >= 11 is 0. The molecule has 4 bridgehead atoms. The van der Waals surface area contributed by atoms with Crippen LogP contribution >= 0.6 is 7.82 Å². The number of nitrogens with zero attached hydrogens (tertiary/aromatic N) is 1. The summed E-state index contributed by atoms with van der Waals surface area (Å²) < 4.78 is 22.0. The van der Waals surface area contributed by atoms with Gasteiger partial charge in [0, 0.05) is 5.56 Å². The number of benzene rings is 1. The van der Waals surface area contributed by atoms with Crippen LogP contribution in [0, 0.1) is 35.0 Å². The van der Waals surface area contributed by atoms with Crippen molar-refractivity contribution in [2.24, 2.45) is 23.7 Å². The van der Waals surface area contributed by atoms with Crippen LogP contribution in [-0.4, -0.2) is 16.9 Å². The largest absolute Gasteiger partial charge is 0.496 e. The Bertz CT molecular complexity index is 838. The summed E-state index contributed by atoms with van der Waals surface area (Å²) in [5.41, 5.74) is 2.88. The molecule has 0 aromatic heterocycles. The predicted octanol–water partition coefficient (Wildman–Crippen LogP) is 4.56. The van der Waals surface area contributed by atoms with E-state index in [0.29, 0.717) is 17.4 Å². The van der Waals surface area contributed by atoms with E-state index in [1.807, 2.05) is 24.3 Å². The Morgan fingerprint density at radius 2 is 1.86 bits per heavy atom. The molecule has 2 N–H and O–H groups in total. The highest BCUT2D eigenvalue weighted by Crippen LogP contribution is 2.58. The summed E-state index contributed by atoms with van der Waals surface area (Å²) in [7, 11) is -3.01. The third-order valence-corrected chi connectivity index (χ3v) is 7.07. The Labute approximate surface area is 165 Å². The van der Waals surface area contributed by atoms with Crippen LogP contribution in [0.2, 0.25) is 0 Å². The SMILES string of the molecule is COC(=C1C2CC3CC(C2)CC1C3)c1cccc(C(CC#N)OP(=O)(O)O)c1. The summed E-state index contributed by atoms with van der Waals surface area (Å²) in [4.78, 5) is 18.4. The van der Waals surface area contributed by atoms with Crippen LogP contribution in [0.15, 0.2) is 29.8 Å². The highest BCUT2D eigenvalue weighted by atomic mass is 31.2. The molecule has 7 heteroatoms. The summed E-state index contributed by atoms with van der Waals surface area (Å²) in [6.07, 6.45) is 5.24. The highest BCUT2D eigenvalue weighted by molar-refractivity contribution is 7.46. The molecule has 4 aliphatic rings. The van der Waals surface area contributed by atoms with Crippen molar-refractivity contribution in [3.63, 3.8) is 0 Å². The van der Waals surface area contributed by atoms with Gasteiger partial charge >= 0.3 is 7.82 Å². The van der Waals surface area contributed by atoms with Crippen molar-refractivity contribution >= 4 is 13.6 Å². The van der Waals surface area contributed by atoms with Gasteiger partial charge < -0.3 is 14.5 Å². The van der Waals surface area contributed by atoms with Gasteiger partial charge in [-0.3, -0.25) is 4.52 Å². The van der Waals surface area contributed by atoms with Crippen molar-refractivity contribution in [1.29, 1.82) is 5.26 Å². The molecular weight excluding hydrogens is 377 g/mol. The quantitative estimate of drug-likeness (QED) is 0.533. The maximum atomic E-state index is 11.3. The van der Waals surface area contributed by atoms with E-state index >= 15 is 0 Å². The Balaban J connectivity index is 1.69. The second kappa shape index (κ2) is 7.65. The standard InChI is InChI=1S/C21H26NO5P/c1-26-21(20-17-8-13-7-14(10-17)11-18(20)9-13)16-4-2-3-15(12-16)19(5-6-22)27-28(23,24)25/h2-4,12-14,17-19H,5,7-11H2,1H3,(H2,23,24,25). The molecule has 4 fully saturated rings. The topological polar surface area (TPSA) is 99.8 Å². The van der Waals surface area contributed by atoms with Crippen LogP contribution in [0.3, 0.4) is 0 Å². The van der Waals surface area contributed by atoms with Gasteiger partial charge in [0.2, 0.25) is 0 Å². The zero-order valence-electron chi connectivity index (χ0n) is 16.0. The van der Waals surface area contributed by atoms with Crippen LogP contribution in [0.25, 0.3) is 5.76 Å². The van der Waals surface area contributed by atoms with Crippen LogP contribution in [0.5, 0.6) is 0 Å². The zero-order valence-corrected chi connectivity index (χ0v) is 16.8. The number of phosphoric ester groups is 1. The lowest BCUT2D eigenvalue weighted by Gasteiger charge is -2.51. The fourth-order valence-electron chi connectivity index (χ4n) is 5.81. The lowest BCUT2D eigenvalue weighted by Crippen LogP contribution is -2.40. The van der Waals surface area contributed by atoms with Gasteiger partial charge in [-0.25, -0.2) is 4.57 Å². The zero-order chi connectivity index (χ0) is 19.9. The van der Waals surface area contributed by atoms with E-state index < -0.39 is 13.9 Å². The first-order valence-corrected chi connectivity index (χ1v) is 11.4. The van der Waals surface area contributed by atoms with E-state index in [9.17, 15) is 14.4 Å². The second-order valence-corrected chi connectivity index (χ2v) is 9.56. The van der Waals surface area contributed by atoms with Gasteiger partial charge in [0.15, 0.2) is 0 Å². The Morgan fingerprint density at radius 1 is 1.21 bits per heavy atom. The number of phosphoric acid groups is 1. The number of hydrogen-bond acceptors (Lipinski definition) is 4. The van der Waals surface area contributed by atoms with E-state index in [1.54, 1.807) is 13.2 Å². The number of nitriles is 1. The highest BCUT2D eigenvalue weighted by Gasteiger charge is 2.46. The van der Waals surface area contributed by atoms with Crippen LogP contribution in [0.4, 0.5) is 0 Å². The van der Waals surface area contributed by atoms with E-state index in [0.717, 1.165) is 23.2 Å². The van der Waals surface area contributed by atoms with Crippen LogP contribution in [0.1, 0.15) is 55.8 Å². The molecule has 0 aliphatic heterocycles. The van der Waals surface area contributed by atoms with Crippen LogP contribution in [-0.2, 0) is 13.8 Å². The minimum Gasteiger partial charge on any atom is -0.496 e. The number of ether oxygens (including phenoxy) is 1. The number of rotatable bonds is 6. The third-order valence-electron chi connectivity index (χ3n) is 6.55. The molecule has 0 amide bonds. The van der Waals surface area contributed by atoms with Crippen molar-refractivity contribution in [3.8, 4) is 6.07 Å². The average molecular weight is 403 g/mol. The molecule has 1 aromatic carbocycles. The summed E-state index contributed by atoms with van der Waals surface area (Å²) in [5, 5.41) is 9.04. The van der Waals surface area contributed by atoms with Gasteiger partial charge in [-0.2, -0.15) is 5.26 Å². The molecule has 28 heavy (non-hydrogen) atoms. The third kappa shape index (κ3) is 3.90. The second-order valence-electron chi connectivity index (χ2n) is 8.37. The first-order chi connectivity index (χ1) is 13.4. The summed E-state index contributed by atoms with van der Waals surface area (Å²) in [6.45, 7) is 0. The monoisotopic (exact) mass is 403 g/mol. The smallest absolute Gasteiger partial charge is 0.470 e. The summed E-state index contributed by atoms with van der Waals surface area (Å²) in [6, 6.07) is 9.31. The number of allylic oxidation sites excluding steroid dienone is 1. The van der Waals surface area contributed by atoms with Gasteiger partial charge in [0.05, 0.1) is 19.6 Å². The predicted molar refractivity (Wildman–Crippen MR) is 104 cm³/mol. The van der Waals surface area contributed by atoms with Crippen LogP contribution < -0.4 is 0 Å². The molecule has 1 aromatic rings. The molecule has 5 rings (SSSR count). The number of methoxy groups -OCH3 is 1. The average Bonchev–Trinajstić information content (AvgIpc) is 2.63. The lowest BCUT2D eigenvalue weighted by molar-refractivity contribution is 0.0675. The van der Waals surface area contributed by atoms with Gasteiger partial charge in [-0.1, -0.05) is 18.2 Å². The fourth-order valence-corrected chi connectivity index (χ4v) is 6.34. The Morgan fingerprint density at radius 3 is 2.39 bits per heavy atom. The van der Waals surface area contributed by atoms with E-state index in [1.165, 1.54) is 37.7 Å². The maximum Gasteiger partial charge on any atom is 0.470 e. The molecule has 0 spiro atoms. The van der Waals surface area contributed by atoms with E-state index in [4.69, 9.17) is 14.5 Å². The molecule has 4 aliphatic carbocycles. The fraction of sp³-hybridized carbons (Fsp3) is 0.571. The van der Waals surface area contributed by atoms with Gasteiger partial charge in [0.1, 0.15) is 11.9 Å². The van der Waals surface area contributed by atoms with Crippen molar-refractivity contribution < 1.29 is 23.6 Å². The van der Waals surface area contributed by atoms with Crippen molar-refractivity contribution in [1.82, 2.24) is 0 Å². The molecule has 150 valence electrons. The van der Waals surface area contributed by atoms with Gasteiger partial charge in [0.25, 0.3) is 0 Å². The van der Waals surface area contributed by atoms with Crippen molar-refractivity contribution in [2.45, 2.75) is 44.6 Å². The van der Waals surface area contributed by atoms with Gasteiger partial charge in [-0.05, 0) is 73.0 Å². The van der Waals surface area contributed by atoms with Gasteiger partial charge in [-0.15, -0.1) is 0 Å². The first-order valence-electron chi connectivity index (χ1n) is 9.87. The summed E-state index contributed by atoms with van der Waals surface area (Å²) in [5.74, 6) is 3.76. The van der Waals surface area contributed by atoms with E-state index in [2.05, 4.69) is 0 Å². The molecule has 0 saturated heterocycles. The molecule has 1 atom stereocenters. The molecule has 0 radical (unpaired) electrons. The minimum atomic E-state index is -4.70. The minimum absolute atomic E-state index is 0.137. The van der Waals surface area contributed by atoms with Crippen molar-refractivity contribution in [2.75, 3.05) is 7.11 Å². The van der Waals surface area contributed by atoms with E-state index in [-0.39, 0.29) is 6.42 Å². The Hall–Kier alpha value is -1.64. The molecular formula is C21H26NO5P. The molecule has 6 nitrogen and oxygen atoms in total. The maximum absolute atomic E-state index is 11.3. The molecule has 4 saturated carbocycles. The molecule has 1 unspecified atom stereocenters. The van der Waals surface area contributed by atoms with Crippen molar-refractivity contribution in [3.05, 3.63) is 41.0 Å².